The van der Waals surface area contributed by atoms with Crippen molar-refractivity contribution in [3.05, 3.63) is 35.4 Å². The molecule has 0 aliphatic carbocycles. The molecule has 4 nitrogen and oxygen atoms in total. The van der Waals surface area contributed by atoms with E-state index in [-0.39, 0.29) is 11.1 Å². The molecule has 0 fully saturated rings. The summed E-state index contributed by atoms with van der Waals surface area (Å²) >= 11 is 0. The van der Waals surface area contributed by atoms with Gasteiger partial charge in [0.05, 0.1) is 5.56 Å². The quantitative estimate of drug-likeness (QED) is 0.685. The van der Waals surface area contributed by atoms with Crippen LogP contribution >= 0.6 is 0 Å². The third kappa shape index (κ3) is 2.05. The zero-order valence-corrected chi connectivity index (χ0v) is 7.10. The van der Waals surface area contributed by atoms with Crippen molar-refractivity contribution in [2.75, 3.05) is 7.11 Å². The third-order valence-electron chi connectivity index (χ3n) is 1.68. The molecular formula is C9H10O4. The average molecular weight is 182 g/mol. The van der Waals surface area contributed by atoms with Crippen LogP contribution in [0.4, 0.5) is 0 Å². The lowest BCUT2D eigenvalue weighted by Gasteiger charge is -2.10. The number of aromatic carboxylic acids is 1. The first-order chi connectivity index (χ1) is 6.16. The van der Waals surface area contributed by atoms with Gasteiger partial charge in [0, 0.05) is 12.7 Å². The molecule has 1 aromatic carbocycles. The van der Waals surface area contributed by atoms with E-state index in [0.717, 1.165) is 0 Å². The van der Waals surface area contributed by atoms with Crippen LogP contribution in [0.2, 0.25) is 0 Å². The number of benzene rings is 1. The van der Waals surface area contributed by atoms with Crippen LogP contribution in [0.5, 0.6) is 0 Å². The fourth-order valence-corrected chi connectivity index (χ4v) is 1.03. The van der Waals surface area contributed by atoms with Crippen molar-refractivity contribution in [2.45, 2.75) is 6.29 Å². The van der Waals surface area contributed by atoms with Gasteiger partial charge in [0.25, 0.3) is 0 Å². The molecule has 1 rings (SSSR count). The summed E-state index contributed by atoms with van der Waals surface area (Å²) in [5, 5.41) is 18.0. The number of carboxylic acids is 1. The summed E-state index contributed by atoms with van der Waals surface area (Å²) < 4.78 is 4.62. The van der Waals surface area contributed by atoms with Gasteiger partial charge < -0.3 is 14.9 Å². The van der Waals surface area contributed by atoms with Crippen LogP contribution in [0, 0.1) is 0 Å². The fourth-order valence-electron chi connectivity index (χ4n) is 1.03. The van der Waals surface area contributed by atoms with E-state index < -0.39 is 12.3 Å². The number of aliphatic hydroxyl groups excluding tert-OH is 1. The summed E-state index contributed by atoms with van der Waals surface area (Å²) in [4.78, 5) is 10.7. The van der Waals surface area contributed by atoms with E-state index in [1.165, 1.54) is 19.2 Å². The Kier molecular flexibility index (Phi) is 3.00. The Bertz CT molecular complexity index is 308. The summed E-state index contributed by atoms with van der Waals surface area (Å²) in [6, 6.07) is 6.16. The van der Waals surface area contributed by atoms with Crippen molar-refractivity contribution >= 4 is 5.97 Å². The highest BCUT2D eigenvalue weighted by atomic mass is 16.6. The third-order valence-corrected chi connectivity index (χ3v) is 1.68. The summed E-state index contributed by atoms with van der Waals surface area (Å²) in [6.07, 6.45) is -1.19. The SMILES string of the molecule is COC(O)c1ccccc1C(=O)O. The van der Waals surface area contributed by atoms with E-state index in [1.807, 2.05) is 0 Å². The summed E-state index contributed by atoms with van der Waals surface area (Å²) in [7, 11) is 1.31. The van der Waals surface area contributed by atoms with E-state index >= 15 is 0 Å². The predicted octanol–water partition coefficient (Wildman–Crippen LogP) is 1.02. The highest BCUT2D eigenvalue weighted by molar-refractivity contribution is 5.89. The van der Waals surface area contributed by atoms with E-state index in [4.69, 9.17) is 5.11 Å². The molecule has 70 valence electrons. The van der Waals surface area contributed by atoms with Gasteiger partial charge in [0.2, 0.25) is 0 Å². The van der Waals surface area contributed by atoms with Crippen LogP contribution in [0.1, 0.15) is 22.2 Å². The van der Waals surface area contributed by atoms with E-state index in [0.29, 0.717) is 0 Å². The Labute approximate surface area is 75.4 Å². The lowest BCUT2D eigenvalue weighted by molar-refractivity contribution is -0.0774. The van der Waals surface area contributed by atoms with Crippen molar-refractivity contribution < 1.29 is 19.7 Å². The van der Waals surface area contributed by atoms with E-state index in [9.17, 15) is 9.90 Å². The molecule has 0 aliphatic heterocycles. The number of hydrogen-bond acceptors (Lipinski definition) is 3. The monoisotopic (exact) mass is 182 g/mol. The minimum Gasteiger partial charge on any atom is -0.478 e. The minimum absolute atomic E-state index is 0.0526. The van der Waals surface area contributed by atoms with Gasteiger partial charge in [-0.15, -0.1) is 0 Å². The zero-order chi connectivity index (χ0) is 9.84. The first-order valence-corrected chi connectivity index (χ1v) is 3.70. The van der Waals surface area contributed by atoms with Crippen molar-refractivity contribution in [2.24, 2.45) is 0 Å². The maximum atomic E-state index is 10.7. The Hall–Kier alpha value is -1.39. The molecule has 0 aromatic heterocycles. The van der Waals surface area contributed by atoms with E-state index in [1.54, 1.807) is 12.1 Å². The number of hydrogen-bond donors (Lipinski definition) is 2. The fraction of sp³-hybridized carbons (Fsp3) is 0.222. The molecule has 2 N–H and O–H groups in total. The van der Waals surface area contributed by atoms with Crippen molar-refractivity contribution in [1.29, 1.82) is 0 Å². The maximum absolute atomic E-state index is 10.7. The number of ether oxygens (including phenoxy) is 1. The van der Waals surface area contributed by atoms with Crippen LogP contribution in [-0.4, -0.2) is 23.3 Å². The molecule has 13 heavy (non-hydrogen) atoms. The van der Waals surface area contributed by atoms with Gasteiger partial charge in [-0.25, -0.2) is 4.79 Å². The number of carboxylic acid groups (broad SMARTS) is 1. The van der Waals surface area contributed by atoms with Crippen LogP contribution < -0.4 is 0 Å². The largest absolute Gasteiger partial charge is 0.478 e. The van der Waals surface area contributed by atoms with Crippen LogP contribution in [0.15, 0.2) is 24.3 Å². The van der Waals surface area contributed by atoms with E-state index in [2.05, 4.69) is 4.74 Å². The lowest BCUT2D eigenvalue weighted by atomic mass is 10.1. The number of methoxy groups -OCH3 is 1. The first-order valence-electron chi connectivity index (χ1n) is 3.70. The second kappa shape index (κ2) is 4.02. The number of rotatable bonds is 3. The zero-order valence-electron chi connectivity index (χ0n) is 7.10. The normalized spacial score (nSPS) is 12.5. The summed E-state index contributed by atoms with van der Waals surface area (Å²) in [5.74, 6) is -1.08. The summed E-state index contributed by atoms with van der Waals surface area (Å²) in [5.41, 5.74) is 0.314. The van der Waals surface area contributed by atoms with Crippen LogP contribution in [-0.2, 0) is 4.74 Å². The standard InChI is InChI=1S/C9H10O4/c1-13-9(12)7-5-3-2-4-6(7)8(10)11/h2-5,9,12H,1H3,(H,10,11). The van der Waals surface area contributed by atoms with Gasteiger partial charge in [0.15, 0.2) is 6.29 Å². The highest BCUT2D eigenvalue weighted by Gasteiger charge is 2.14. The first kappa shape index (κ1) is 9.70. The van der Waals surface area contributed by atoms with Crippen molar-refractivity contribution in [3.8, 4) is 0 Å². The Morgan fingerprint density at radius 2 is 2.08 bits per heavy atom. The molecule has 0 amide bonds. The molecule has 1 atom stereocenters. The molecule has 0 aliphatic rings. The highest BCUT2D eigenvalue weighted by Crippen LogP contribution is 2.17. The maximum Gasteiger partial charge on any atom is 0.336 e. The molecule has 0 bridgehead atoms. The number of carbonyl (C=O) groups is 1. The lowest BCUT2D eigenvalue weighted by Crippen LogP contribution is -2.07. The molecule has 0 radical (unpaired) electrons. The molecule has 0 saturated heterocycles. The average Bonchev–Trinajstić information content (AvgIpc) is 2.16. The van der Waals surface area contributed by atoms with Gasteiger partial charge in [-0.3, -0.25) is 0 Å². The van der Waals surface area contributed by atoms with Gasteiger partial charge in [-0.2, -0.15) is 0 Å². The Morgan fingerprint density at radius 1 is 1.46 bits per heavy atom. The van der Waals surface area contributed by atoms with Crippen LogP contribution in [0.25, 0.3) is 0 Å². The van der Waals surface area contributed by atoms with Gasteiger partial charge in [-0.1, -0.05) is 18.2 Å². The topological polar surface area (TPSA) is 66.8 Å². The van der Waals surface area contributed by atoms with Crippen LogP contribution in [0.3, 0.4) is 0 Å². The minimum atomic E-state index is -1.19. The molecule has 1 aromatic rings. The van der Waals surface area contributed by atoms with Gasteiger partial charge >= 0.3 is 5.97 Å². The molecule has 0 spiro atoms. The molecule has 1 unspecified atom stereocenters. The smallest absolute Gasteiger partial charge is 0.336 e. The Balaban J connectivity index is 3.11. The molecule has 0 heterocycles. The Morgan fingerprint density at radius 3 is 2.62 bits per heavy atom. The van der Waals surface area contributed by atoms with Crippen molar-refractivity contribution in [1.82, 2.24) is 0 Å². The second-order valence-electron chi connectivity index (χ2n) is 2.48. The van der Waals surface area contributed by atoms with Crippen molar-refractivity contribution in [3.63, 3.8) is 0 Å². The molecule has 0 saturated carbocycles. The molecular weight excluding hydrogens is 172 g/mol. The van der Waals surface area contributed by atoms with Gasteiger partial charge in [0.1, 0.15) is 0 Å². The predicted molar refractivity (Wildman–Crippen MR) is 45.4 cm³/mol. The second-order valence-corrected chi connectivity index (χ2v) is 2.48. The van der Waals surface area contributed by atoms with Gasteiger partial charge in [-0.05, 0) is 6.07 Å². The molecule has 4 heteroatoms. The number of aliphatic hydroxyl groups is 1. The summed E-state index contributed by atoms with van der Waals surface area (Å²) in [6.45, 7) is 0.